The van der Waals surface area contributed by atoms with Crippen LogP contribution in [0, 0.1) is 0 Å². The van der Waals surface area contributed by atoms with E-state index < -0.39 is 5.91 Å². The average molecular weight is 412 g/mol. The van der Waals surface area contributed by atoms with E-state index in [0.29, 0.717) is 21.8 Å². The second-order valence-electron chi connectivity index (χ2n) is 6.24. The number of halogens is 1. The summed E-state index contributed by atoms with van der Waals surface area (Å²) >= 11 is 5.89. The van der Waals surface area contributed by atoms with Crippen LogP contribution in [0.5, 0.6) is 11.5 Å². The van der Waals surface area contributed by atoms with E-state index in [2.05, 4.69) is 15.6 Å². The molecule has 4 N–H and O–H groups in total. The quantitative estimate of drug-likeness (QED) is 0.497. The van der Waals surface area contributed by atoms with Gasteiger partial charge in [-0.25, -0.2) is 0 Å². The number of rotatable bonds is 6. The van der Waals surface area contributed by atoms with Crippen LogP contribution >= 0.6 is 11.6 Å². The number of carbonyl (C=O) groups is 2. The molecule has 1 aromatic heterocycles. The van der Waals surface area contributed by atoms with Crippen molar-refractivity contribution in [3.8, 4) is 11.5 Å². The number of phenolic OH excluding ortho intramolecular Hbond substituents is 2. The number of amides is 2. The summed E-state index contributed by atoms with van der Waals surface area (Å²) in [5, 5.41) is 25.3. The average Bonchev–Trinajstić information content (AvgIpc) is 2.70. The fourth-order valence-corrected chi connectivity index (χ4v) is 2.83. The van der Waals surface area contributed by atoms with Crippen LogP contribution < -0.4 is 10.6 Å². The SMILES string of the molecule is O=C(Cc1cc(Cl)ccc1O)Nc1ccnc(C(=O)NCc2ccccc2O)c1. The Kier molecular flexibility index (Phi) is 6.31. The molecule has 8 heteroatoms. The van der Waals surface area contributed by atoms with Crippen molar-refractivity contribution in [2.24, 2.45) is 0 Å². The Balaban J connectivity index is 1.62. The van der Waals surface area contributed by atoms with E-state index in [1.165, 1.54) is 36.5 Å². The van der Waals surface area contributed by atoms with Gasteiger partial charge >= 0.3 is 0 Å². The lowest BCUT2D eigenvalue weighted by atomic mass is 10.1. The Morgan fingerprint density at radius 2 is 1.72 bits per heavy atom. The molecule has 0 radical (unpaired) electrons. The molecule has 2 amide bonds. The van der Waals surface area contributed by atoms with Crippen LogP contribution in [0.3, 0.4) is 0 Å². The van der Waals surface area contributed by atoms with Crippen LogP contribution in [-0.2, 0) is 17.8 Å². The number of nitrogens with zero attached hydrogens (tertiary/aromatic N) is 1. The fraction of sp³-hybridized carbons (Fsp3) is 0.0952. The number of aromatic nitrogens is 1. The largest absolute Gasteiger partial charge is 0.508 e. The van der Waals surface area contributed by atoms with Gasteiger partial charge in [0.15, 0.2) is 0 Å². The molecular formula is C21H18ClN3O4. The molecule has 3 rings (SSSR count). The van der Waals surface area contributed by atoms with E-state index >= 15 is 0 Å². The van der Waals surface area contributed by atoms with Crippen LogP contribution in [0.1, 0.15) is 21.6 Å². The number of pyridine rings is 1. The Bertz CT molecular complexity index is 1060. The summed E-state index contributed by atoms with van der Waals surface area (Å²) in [5.74, 6) is -0.763. The van der Waals surface area contributed by atoms with Crippen LogP contribution in [0.25, 0.3) is 0 Å². The van der Waals surface area contributed by atoms with Crippen molar-refractivity contribution in [2.75, 3.05) is 5.32 Å². The highest BCUT2D eigenvalue weighted by Gasteiger charge is 2.12. The standard InChI is InChI=1S/C21H18ClN3O4/c22-15-5-6-19(27)14(9-15)10-20(28)25-16-7-8-23-17(11-16)21(29)24-12-13-3-1-2-4-18(13)26/h1-9,11,26-27H,10,12H2,(H,24,29)(H,23,25,28). The molecule has 0 aliphatic carbocycles. The highest BCUT2D eigenvalue weighted by molar-refractivity contribution is 6.30. The van der Waals surface area contributed by atoms with E-state index in [1.54, 1.807) is 24.3 Å². The molecule has 0 saturated heterocycles. The Morgan fingerprint density at radius 1 is 0.966 bits per heavy atom. The van der Waals surface area contributed by atoms with E-state index in [1.807, 2.05) is 0 Å². The van der Waals surface area contributed by atoms with Crippen molar-refractivity contribution in [3.05, 3.63) is 82.6 Å². The monoisotopic (exact) mass is 411 g/mol. The molecule has 0 atom stereocenters. The number of anilines is 1. The van der Waals surface area contributed by atoms with Gasteiger partial charge < -0.3 is 20.8 Å². The molecule has 7 nitrogen and oxygen atoms in total. The van der Waals surface area contributed by atoms with Gasteiger partial charge in [-0.2, -0.15) is 0 Å². The lowest BCUT2D eigenvalue weighted by molar-refractivity contribution is -0.115. The van der Waals surface area contributed by atoms with Gasteiger partial charge in [0.2, 0.25) is 5.91 Å². The molecule has 0 aliphatic rings. The van der Waals surface area contributed by atoms with Gasteiger partial charge in [-0.3, -0.25) is 14.6 Å². The lowest BCUT2D eigenvalue weighted by Crippen LogP contribution is -2.24. The highest BCUT2D eigenvalue weighted by Crippen LogP contribution is 2.22. The molecule has 148 valence electrons. The van der Waals surface area contributed by atoms with Crippen LogP contribution in [-0.4, -0.2) is 27.0 Å². The zero-order valence-electron chi connectivity index (χ0n) is 15.2. The number of phenols is 2. The molecule has 29 heavy (non-hydrogen) atoms. The molecule has 0 fully saturated rings. The Hall–Kier alpha value is -3.58. The molecule has 2 aromatic carbocycles. The fourth-order valence-electron chi connectivity index (χ4n) is 2.63. The van der Waals surface area contributed by atoms with Gasteiger partial charge in [0.05, 0.1) is 6.42 Å². The van der Waals surface area contributed by atoms with Crippen molar-refractivity contribution >= 4 is 29.1 Å². The predicted molar refractivity (Wildman–Crippen MR) is 109 cm³/mol. The number of hydrogen-bond donors (Lipinski definition) is 4. The van der Waals surface area contributed by atoms with Gasteiger partial charge in [-0.15, -0.1) is 0 Å². The second-order valence-corrected chi connectivity index (χ2v) is 6.68. The van der Waals surface area contributed by atoms with Crippen molar-refractivity contribution < 1.29 is 19.8 Å². The molecule has 0 saturated carbocycles. The topological polar surface area (TPSA) is 112 Å². The second kappa shape index (κ2) is 9.07. The first-order valence-electron chi connectivity index (χ1n) is 8.71. The molecule has 0 aliphatic heterocycles. The molecule has 1 heterocycles. The number of carbonyl (C=O) groups excluding carboxylic acids is 2. The minimum atomic E-state index is -0.447. The van der Waals surface area contributed by atoms with E-state index in [0.717, 1.165) is 0 Å². The van der Waals surface area contributed by atoms with Gasteiger partial charge in [0.25, 0.3) is 5.91 Å². The summed E-state index contributed by atoms with van der Waals surface area (Å²) in [6, 6.07) is 14.1. The van der Waals surface area contributed by atoms with E-state index in [4.69, 9.17) is 11.6 Å². The first kappa shape index (κ1) is 20.2. The minimum absolute atomic E-state index is 0.0245. The number of hydrogen-bond acceptors (Lipinski definition) is 5. The predicted octanol–water partition coefficient (Wildman–Crippen LogP) is 3.26. The molecule has 3 aromatic rings. The third-order valence-electron chi connectivity index (χ3n) is 4.10. The summed E-state index contributed by atoms with van der Waals surface area (Å²) in [6.45, 7) is 0.137. The molecule has 0 bridgehead atoms. The maximum absolute atomic E-state index is 12.3. The van der Waals surface area contributed by atoms with Gasteiger partial charge in [0, 0.05) is 34.6 Å². The first-order valence-corrected chi connectivity index (χ1v) is 9.08. The number of aromatic hydroxyl groups is 2. The third-order valence-corrected chi connectivity index (χ3v) is 4.33. The van der Waals surface area contributed by atoms with E-state index in [9.17, 15) is 19.8 Å². The van der Waals surface area contributed by atoms with Crippen LogP contribution in [0.15, 0.2) is 60.8 Å². The van der Waals surface area contributed by atoms with Gasteiger partial charge in [0.1, 0.15) is 17.2 Å². The maximum Gasteiger partial charge on any atom is 0.270 e. The number of benzene rings is 2. The Morgan fingerprint density at radius 3 is 2.52 bits per heavy atom. The summed E-state index contributed by atoms with van der Waals surface area (Å²) in [5.41, 5.74) is 1.47. The highest BCUT2D eigenvalue weighted by atomic mass is 35.5. The molecular weight excluding hydrogens is 394 g/mol. The smallest absolute Gasteiger partial charge is 0.270 e. The molecule has 0 spiro atoms. The van der Waals surface area contributed by atoms with Gasteiger partial charge in [-0.05, 0) is 36.4 Å². The first-order chi connectivity index (χ1) is 13.9. The lowest BCUT2D eigenvalue weighted by Gasteiger charge is -2.09. The van der Waals surface area contributed by atoms with Crippen molar-refractivity contribution in [1.29, 1.82) is 0 Å². The summed E-state index contributed by atoms with van der Waals surface area (Å²) in [7, 11) is 0. The van der Waals surface area contributed by atoms with Gasteiger partial charge in [-0.1, -0.05) is 29.8 Å². The van der Waals surface area contributed by atoms with Crippen LogP contribution in [0.2, 0.25) is 5.02 Å². The van der Waals surface area contributed by atoms with Crippen LogP contribution in [0.4, 0.5) is 5.69 Å². The summed E-state index contributed by atoms with van der Waals surface area (Å²) in [6.07, 6.45) is 1.32. The minimum Gasteiger partial charge on any atom is -0.508 e. The number of para-hydroxylation sites is 1. The van der Waals surface area contributed by atoms with Crippen molar-refractivity contribution in [2.45, 2.75) is 13.0 Å². The number of nitrogens with one attached hydrogen (secondary N) is 2. The third kappa shape index (κ3) is 5.46. The van der Waals surface area contributed by atoms with E-state index in [-0.39, 0.29) is 36.1 Å². The van der Waals surface area contributed by atoms with Crippen molar-refractivity contribution in [1.82, 2.24) is 10.3 Å². The Labute approximate surface area is 172 Å². The van der Waals surface area contributed by atoms with Crippen molar-refractivity contribution in [3.63, 3.8) is 0 Å². The summed E-state index contributed by atoms with van der Waals surface area (Å²) < 4.78 is 0. The maximum atomic E-state index is 12.3. The summed E-state index contributed by atoms with van der Waals surface area (Å²) in [4.78, 5) is 28.6. The normalized spacial score (nSPS) is 10.4. The molecule has 0 unspecified atom stereocenters. The zero-order valence-corrected chi connectivity index (χ0v) is 16.0. The zero-order chi connectivity index (χ0) is 20.8.